The molecule has 0 radical (unpaired) electrons. The monoisotopic (exact) mass is 360 g/mol. The van der Waals surface area contributed by atoms with Crippen LogP contribution in [0.2, 0.25) is 0 Å². The van der Waals surface area contributed by atoms with Gasteiger partial charge >= 0.3 is 15.4 Å². The molecular weight excluding hydrogens is 330 g/mol. The van der Waals surface area contributed by atoms with Gasteiger partial charge in [-0.2, -0.15) is 0 Å². The van der Waals surface area contributed by atoms with E-state index in [9.17, 15) is 9.13 Å². The Morgan fingerprint density at radius 1 is 0.591 bits per heavy atom. The topological polar surface area (TPSA) is 124 Å². The van der Waals surface area contributed by atoms with E-state index in [2.05, 4.69) is 4.52 Å². The molecule has 134 valence electrons. The highest BCUT2D eigenvalue weighted by molar-refractivity contribution is 7.51. The molecule has 0 atom stereocenters. The van der Waals surface area contributed by atoms with Crippen molar-refractivity contribution in [2.75, 3.05) is 12.8 Å². The molecule has 4 N–H and O–H groups in total. The highest BCUT2D eigenvalue weighted by atomic mass is 31.2. The van der Waals surface area contributed by atoms with Crippen molar-refractivity contribution in [2.45, 2.75) is 70.6 Å². The Morgan fingerprint density at radius 3 is 1.32 bits per heavy atom. The van der Waals surface area contributed by atoms with Crippen LogP contribution in [0.5, 0.6) is 0 Å². The molecule has 0 bridgehead atoms. The zero-order chi connectivity index (χ0) is 16.9. The Balaban J connectivity index is 3.12. The second-order valence-corrected chi connectivity index (χ2v) is 8.62. The number of hydrogen-bond donors (Lipinski definition) is 4. The van der Waals surface area contributed by atoms with Crippen LogP contribution in [0, 0.1) is 0 Å². The number of unbranched alkanes of at least 4 members (excludes halogenated alkanes) is 10. The second kappa shape index (κ2) is 12.7. The van der Waals surface area contributed by atoms with Crippen LogP contribution in [-0.4, -0.2) is 32.3 Å². The summed E-state index contributed by atoms with van der Waals surface area (Å²) in [5.74, 6) is 0. The number of hydrogen-bond acceptors (Lipinski definition) is 3. The molecule has 0 aromatic rings. The molecule has 0 amide bonds. The normalized spacial score (nSPS) is 12.7. The molecule has 0 saturated heterocycles. The number of phosphoric acid groups is 1. The minimum Gasteiger partial charge on any atom is -0.324 e. The molecule has 0 aliphatic rings. The first kappa shape index (κ1) is 22.3. The Morgan fingerprint density at radius 2 is 0.955 bits per heavy atom. The summed E-state index contributed by atoms with van der Waals surface area (Å²) in [6.07, 6.45) is 10.8. The van der Waals surface area contributed by atoms with Gasteiger partial charge in [0.1, 0.15) is 0 Å². The van der Waals surface area contributed by atoms with Crippen LogP contribution < -0.4 is 0 Å². The molecule has 0 heterocycles. The van der Waals surface area contributed by atoms with Crippen LogP contribution >= 0.6 is 15.4 Å². The standard InChI is InChI=1S/C13H30O7P2/c14-21(15,16)13-11-9-7-5-3-1-2-4-6-8-10-12-20-22(17,18)19/h1-13H2,(H2,14,15,16)(H2,17,18,19). The van der Waals surface area contributed by atoms with Crippen molar-refractivity contribution < 1.29 is 33.2 Å². The zero-order valence-electron chi connectivity index (χ0n) is 13.1. The zero-order valence-corrected chi connectivity index (χ0v) is 14.9. The molecule has 0 spiro atoms. The van der Waals surface area contributed by atoms with Crippen molar-refractivity contribution in [3.05, 3.63) is 0 Å². The second-order valence-electron chi connectivity index (χ2n) is 5.60. The fourth-order valence-electron chi connectivity index (χ4n) is 2.19. The van der Waals surface area contributed by atoms with Crippen LogP contribution in [0.3, 0.4) is 0 Å². The van der Waals surface area contributed by atoms with E-state index in [0.717, 1.165) is 57.8 Å². The number of phosphoric ester groups is 1. The summed E-state index contributed by atoms with van der Waals surface area (Å²) in [5, 5.41) is 0. The SMILES string of the molecule is O=P(O)(O)CCCCCCCCCCCCCOP(=O)(O)O. The lowest BCUT2D eigenvalue weighted by Gasteiger charge is -2.05. The van der Waals surface area contributed by atoms with Crippen molar-refractivity contribution >= 4 is 15.4 Å². The average Bonchev–Trinajstić information content (AvgIpc) is 2.36. The predicted octanol–water partition coefficient (Wildman–Crippen LogP) is 3.56. The van der Waals surface area contributed by atoms with Gasteiger partial charge in [-0.3, -0.25) is 9.09 Å². The first-order chi connectivity index (χ1) is 10.2. The van der Waals surface area contributed by atoms with Crippen molar-refractivity contribution in [1.82, 2.24) is 0 Å². The largest absolute Gasteiger partial charge is 0.469 e. The van der Waals surface area contributed by atoms with Gasteiger partial charge in [0.25, 0.3) is 0 Å². The molecule has 9 heteroatoms. The summed E-state index contributed by atoms with van der Waals surface area (Å²) in [5.41, 5.74) is 0. The summed E-state index contributed by atoms with van der Waals surface area (Å²) < 4.78 is 25.4. The van der Waals surface area contributed by atoms with Crippen molar-refractivity contribution in [3.63, 3.8) is 0 Å². The highest BCUT2D eigenvalue weighted by Gasteiger charge is 2.12. The van der Waals surface area contributed by atoms with E-state index in [-0.39, 0.29) is 12.8 Å². The van der Waals surface area contributed by atoms with Crippen LogP contribution in [-0.2, 0) is 13.7 Å². The van der Waals surface area contributed by atoms with E-state index < -0.39 is 15.4 Å². The van der Waals surface area contributed by atoms with E-state index in [1.165, 1.54) is 0 Å². The van der Waals surface area contributed by atoms with E-state index in [0.29, 0.717) is 12.8 Å². The fraction of sp³-hybridized carbons (Fsp3) is 1.00. The third-order valence-electron chi connectivity index (χ3n) is 3.35. The third-order valence-corrected chi connectivity index (χ3v) is 4.77. The summed E-state index contributed by atoms with van der Waals surface area (Å²) in [7, 11) is -8.11. The Hall–Kier alpha value is 0.260. The lowest BCUT2D eigenvalue weighted by Crippen LogP contribution is -1.92. The fourth-order valence-corrected chi connectivity index (χ4v) is 3.20. The summed E-state index contributed by atoms with van der Waals surface area (Å²) in [6, 6.07) is 0. The molecule has 0 aliphatic heterocycles. The first-order valence-electron chi connectivity index (χ1n) is 7.95. The van der Waals surface area contributed by atoms with Crippen LogP contribution in [0.15, 0.2) is 0 Å². The smallest absolute Gasteiger partial charge is 0.324 e. The maximum atomic E-state index is 10.6. The minimum atomic E-state index is -4.30. The first-order valence-corrected chi connectivity index (χ1v) is 11.3. The summed E-state index contributed by atoms with van der Waals surface area (Å²) >= 11 is 0. The van der Waals surface area contributed by atoms with E-state index >= 15 is 0 Å². The summed E-state index contributed by atoms with van der Waals surface area (Å²) in [4.78, 5) is 34.4. The van der Waals surface area contributed by atoms with Crippen LogP contribution in [0.4, 0.5) is 0 Å². The quantitative estimate of drug-likeness (QED) is 0.260. The molecule has 0 aromatic carbocycles. The van der Waals surface area contributed by atoms with Gasteiger partial charge in [-0.15, -0.1) is 0 Å². The molecule has 0 rings (SSSR count). The van der Waals surface area contributed by atoms with Crippen molar-refractivity contribution in [2.24, 2.45) is 0 Å². The Bertz CT molecular complexity index is 316. The Kier molecular flexibility index (Phi) is 12.8. The molecule has 22 heavy (non-hydrogen) atoms. The van der Waals surface area contributed by atoms with Gasteiger partial charge in [0, 0.05) is 6.16 Å². The van der Waals surface area contributed by atoms with E-state index in [1.54, 1.807) is 0 Å². The van der Waals surface area contributed by atoms with Gasteiger partial charge < -0.3 is 19.6 Å². The molecule has 0 fully saturated rings. The van der Waals surface area contributed by atoms with Gasteiger partial charge in [-0.1, -0.05) is 57.8 Å². The molecule has 7 nitrogen and oxygen atoms in total. The number of rotatable bonds is 15. The Labute approximate surface area is 132 Å². The van der Waals surface area contributed by atoms with Gasteiger partial charge in [0.2, 0.25) is 0 Å². The van der Waals surface area contributed by atoms with Gasteiger partial charge in [-0.25, -0.2) is 4.57 Å². The lowest BCUT2D eigenvalue weighted by molar-refractivity contribution is 0.193. The van der Waals surface area contributed by atoms with Gasteiger partial charge in [0.15, 0.2) is 0 Å². The average molecular weight is 360 g/mol. The van der Waals surface area contributed by atoms with Crippen LogP contribution in [0.1, 0.15) is 70.6 Å². The van der Waals surface area contributed by atoms with Crippen molar-refractivity contribution in [3.8, 4) is 0 Å². The third kappa shape index (κ3) is 20.3. The summed E-state index contributed by atoms with van der Waals surface area (Å²) in [6.45, 7) is 0.110. The highest BCUT2D eigenvalue weighted by Crippen LogP contribution is 2.36. The molecule has 0 aromatic heterocycles. The molecular formula is C13H30O7P2. The maximum absolute atomic E-state index is 10.6. The molecule has 0 unspecified atom stereocenters. The van der Waals surface area contributed by atoms with E-state index in [1.807, 2.05) is 0 Å². The van der Waals surface area contributed by atoms with Gasteiger partial charge in [0.05, 0.1) is 6.61 Å². The van der Waals surface area contributed by atoms with Crippen LogP contribution in [0.25, 0.3) is 0 Å². The lowest BCUT2D eigenvalue weighted by atomic mass is 10.1. The van der Waals surface area contributed by atoms with Gasteiger partial charge in [-0.05, 0) is 12.8 Å². The predicted molar refractivity (Wildman–Crippen MR) is 85.7 cm³/mol. The molecule has 0 aliphatic carbocycles. The van der Waals surface area contributed by atoms with Crippen molar-refractivity contribution in [1.29, 1.82) is 0 Å². The maximum Gasteiger partial charge on any atom is 0.469 e. The minimum absolute atomic E-state index is 0.00126. The van der Waals surface area contributed by atoms with E-state index in [4.69, 9.17) is 19.6 Å². The molecule has 0 saturated carbocycles.